The molecular weight excluding hydrogens is 1190 g/mol. The first kappa shape index (κ1) is 68.6. The maximum atomic E-state index is 13.4. The summed E-state index contributed by atoms with van der Waals surface area (Å²) in [4.78, 5) is 38.7. The van der Waals surface area contributed by atoms with Crippen molar-refractivity contribution in [3.05, 3.63) is 133 Å². The average molecular weight is 1280 g/mol. The standard InChI is InChI=1S/C25H37FN4O4SSi.C16H18BrFN4O3S.C15H31BO3Si/c1-25(2,3)36(5,6)34-17-7-8-22-19-29(18-20-9-11-21(26)12-10-20)24(31)23(27-22)28-13-15-30(16-14-28)35(4,32)33;1-26(24,25)22-8-6-20(7-9-22)15-16(23)21(11-14(17)19-15)10-12-2-4-13(18)5-3-12;1-13(2,3)20(8,9)17-12-10-11-16-18-14(4,5)15(6,7)19-16/h7-12,19H,13-18H2,1-6H3;2-5,11H,6-10H2,1H3;10-11H,12H2,1-9H3/b8-7+;;11-10+. The third kappa shape index (κ3) is 19.1. The van der Waals surface area contributed by atoms with Crippen LogP contribution >= 0.6 is 15.9 Å². The lowest BCUT2D eigenvalue weighted by molar-refractivity contribution is 0.00578. The summed E-state index contributed by atoms with van der Waals surface area (Å²) in [5.74, 6) is 1.84. The molecule has 3 aliphatic rings. The molecule has 0 atom stereocenters. The highest BCUT2D eigenvalue weighted by molar-refractivity contribution is 9.10. The van der Waals surface area contributed by atoms with Crippen LogP contribution in [0.5, 0.6) is 0 Å². The summed E-state index contributed by atoms with van der Waals surface area (Å²) >= 11 is 3.32. The van der Waals surface area contributed by atoms with Crippen LogP contribution in [0.4, 0.5) is 20.4 Å². The van der Waals surface area contributed by atoms with Gasteiger partial charge in [0.2, 0.25) is 20.0 Å². The van der Waals surface area contributed by atoms with E-state index >= 15 is 0 Å². The summed E-state index contributed by atoms with van der Waals surface area (Å²) in [5, 5.41) is 0.341. The number of hydrogen-bond acceptors (Lipinski definition) is 14. The van der Waals surface area contributed by atoms with Gasteiger partial charge in [0.05, 0.1) is 55.7 Å². The first-order valence-electron chi connectivity index (χ1n) is 27.4. The second-order valence-electron chi connectivity index (χ2n) is 24.9. The van der Waals surface area contributed by atoms with Crippen LogP contribution in [0.25, 0.3) is 6.08 Å². The van der Waals surface area contributed by atoms with Crippen LogP contribution in [0.15, 0.2) is 93.2 Å². The highest BCUT2D eigenvalue weighted by Crippen LogP contribution is 2.39. The average Bonchev–Trinajstić information content (AvgIpc) is 3.86. The zero-order valence-corrected chi connectivity index (χ0v) is 56.0. The Morgan fingerprint density at radius 1 is 0.622 bits per heavy atom. The third-order valence-electron chi connectivity index (χ3n) is 16.0. The van der Waals surface area contributed by atoms with Crippen LogP contribution in [0.1, 0.15) is 86.1 Å². The SMILES string of the molecule is CC(C)(C)[Si](C)(C)OC/C=C/c1cn(Cc2ccc(F)cc2)c(=O)c(N2CCN(S(C)(=O)=O)CC2)n1.CC1(C)OB(/C=C/CO[Si](C)(C)C(C)(C)C)OC1(C)C.CS(=O)(=O)N1CCN(c2nc(Br)cn(Cc3ccc(F)cc3)c2=O)CC1. The van der Waals surface area contributed by atoms with Crippen molar-refractivity contribution < 1.29 is 43.8 Å². The monoisotopic (exact) mass is 1280 g/mol. The minimum Gasteiger partial charge on any atom is -0.413 e. The lowest BCUT2D eigenvalue weighted by Crippen LogP contribution is -2.50. The Kier molecular flexibility index (Phi) is 22.9. The number of nitrogens with zero attached hydrogens (tertiary/aromatic N) is 8. The van der Waals surface area contributed by atoms with Gasteiger partial charge in [0.1, 0.15) is 16.2 Å². The molecule has 2 aromatic carbocycles. The first-order valence-corrected chi connectivity index (χ1v) is 37.7. The molecule has 2 aromatic heterocycles. The van der Waals surface area contributed by atoms with E-state index in [1.54, 1.807) is 46.1 Å². The molecule has 0 aliphatic carbocycles. The van der Waals surface area contributed by atoms with E-state index in [4.69, 9.17) is 18.2 Å². The molecule has 454 valence electrons. The zero-order valence-electron chi connectivity index (χ0n) is 50.8. The van der Waals surface area contributed by atoms with E-state index < -0.39 is 36.7 Å². The Bertz CT molecular complexity index is 3200. The molecule has 3 saturated heterocycles. The van der Waals surface area contributed by atoms with Gasteiger partial charge in [0, 0.05) is 64.8 Å². The molecule has 0 spiro atoms. The van der Waals surface area contributed by atoms with Gasteiger partial charge >= 0.3 is 7.12 Å². The molecule has 3 fully saturated rings. The maximum absolute atomic E-state index is 13.4. The molecule has 0 bridgehead atoms. The van der Waals surface area contributed by atoms with Gasteiger partial charge in [-0.25, -0.2) is 35.6 Å². The van der Waals surface area contributed by atoms with Crippen LogP contribution in [-0.2, 0) is 51.3 Å². The first-order chi connectivity index (χ1) is 37.7. The molecule has 0 radical (unpaired) electrons. The molecule has 18 nitrogen and oxygen atoms in total. The summed E-state index contributed by atoms with van der Waals surface area (Å²) in [6.07, 6.45) is 11.4. The number of rotatable bonds is 16. The van der Waals surface area contributed by atoms with E-state index in [9.17, 15) is 35.2 Å². The van der Waals surface area contributed by atoms with E-state index in [-0.39, 0.29) is 75.9 Å². The molecule has 7 rings (SSSR count). The quantitative estimate of drug-likeness (QED) is 0.0967. The molecule has 5 heterocycles. The highest BCUT2D eigenvalue weighted by atomic mass is 79.9. The Hall–Kier alpha value is -4.22. The van der Waals surface area contributed by atoms with Crippen LogP contribution in [0.2, 0.25) is 36.3 Å². The Labute approximate surface area is 496 Å². The van der Waals surface area contributed by atoms with Crippen LogP contribution in [-0.4, -0.2) is 158 Å². The molecule has 0 saturated carbocycles. The molecule has 0 N–H and O–H groups in total. The Morgan fingerprint density at radius 3 is 1.37 bits per heavy atom. The summed E-state index contributed by atoms with van der Waals surface area (Å²) < 4.78 is 104. The largest absolute Gasteiger partial charge is 0.486 e. The Balaban J connectivity index is 0.000000236. The van der Waals surface area contributed by atoms with E-state index in [2.05, 4.69) is 121 Å². The van der Waals surface area contributed by atoms with Gasteiger partial charge < -0.3 is 37.1 Å². The lowest BCUT2D eigenvalue weighted by atomic mass is 9.90. The minimum absolute atomic E-state index is 0.1000. The smallest absolute Gasteiger partial charge is 0.413 e. The van der Waals surface area contributed by atoms with Gasteiger partial charge in [-0.2, -0.15) is 8.61 Å². The number of halogens is 3. The topological polar surface area (TPSA) is 188 Å². The van der Waals surface area contributed by atoms with E-state index in [0.717, 1.165) is 11.1 Å². The van der Waals surface area contributed by atoms with Crippen molar-refractivity contribution in [1.29, 1.82) is 0 Å². The van der Waals surface area contributed by atoms with Gasteiger partial charge in [-0.05, 0) is 121 Å². The van der Waals surface area contributed by atoms with Crippen molar-refractivity contribution >= 4 is 77.4 Å². The summed E-state index contributed by atoms with van der Waals surface area (Å²) in [6, 6.07) is 12.0. The van der Waals surface area contributed by atoms with E-state index in [1.807, 2.05) is 29.1 Å². The van der Waals surface area contributed by atoms with Crippen molar-refractivity contribution in [1.82, 2.24) is 27.7 Å². The summed E-state index contributed by atoms with van der Waals surface area (Å²) in [7, 11) is -10.4. The number of hydrogen-bond donors (Lipinski definition) is 0. The zero-order chi connectivity index (χ0) is 61.4. The fourth-order valence-electron chi connectivity index (χ4n) is 8.05. The van der Waals surface area contributed by atoms with Crippen molar-refractivity contribution in [2.75, 3.05) is 87.9 Å². The predicted molar refractivity (Wildman–Crippen MR) is 334 cm³/mol. The molecule has 4 aromatic rings. The minimum atomic E-state index is -3.29. The molecule has 3 aliphatic heterocycles. The number of aromatic nitrogens is 4. The normalized spacial score (nSPS) is 17.7. The molecule has 82 heavy (non-hydrogen) atoms. The fraction of sp³-hybridized carbons (Fsp3) is 0.571. The molecule has 0 amide bonds. The van der Waals surface area contributed by atoms with Crippen LogP contribution < -0.4 is 20.9 Å². The van der Waals surface area contributed by atoms with Crippen molar-refractivity contribution in [2.24, 2.45) is 0 Å². The molecule has 26 heteroatoms. The maximum Gasteiger partial charge on any atom is 0.486 e. The second-order valence-corrected chi connectivity index (χ2v) is 39.3. The van der Waals surface area contributed by atoms with Gasteiger partial charge in [-0.15, -0.1) is 0 Å². The second kappa shape index (κ2) is 27.4. The number of anilines is 2. The van der Waals surface area contributed by atoms with E-state index in [0.29, 0.717) is 75.9 Å². The predicted octanol–water partition coefficient (Wildman–Crippen LogP) is 9.02. The van der Waals surface area contributed by atoms with Gasteiger partial charge in [0.15, 0.2) is 28.3 Å². The van der Waals surface area contributed by atoms with Crippen LogP contribution in [0.3, 0.4) is 0 Å². The third-order valence-corrected chi connectivity index (χ3v) is 28.0. The van der Waals surface area contributed by atoms with Crippen molar-refractivity contribution in [3.63, 3.8) is 0 Å². The van der Waals surface area contributed by atoms with Gasteiger partial charge in [-0.1, -0.05) is 83.9 Å². The number of benzene rings is 2. The van der Waals surface area contributed by atoms with Crippen LogP contribution in [0, 0.1) is 11.6 Å². The molecule has 0 unspecified atom stereocenters. The number of sulfonamides is 2. The van der Waals surface area contributed by atoms with Crippen molar-refractivity contribution in [2.45, 2.75) is 130 Å². The summed E-state index contributed by atoms with van der Waals surface area (Å²) in [6.45, 7) is 34.8. The van der Waals surface area contributed by atoms with Crippen molar-refractivity contribution in [3.8, 4) is 0 Å². The fourth-order valence-corrected chi connectivity index (χ4v) is 12.0. The lowest BCUT2D eigenvalue weighted by Gasteiger charge is -2.35. The summed E-state index contributed by atoms with van der Waals surface area (Å²) in [5.41, 5.74) is 1.07. The van der Waals surface area contributed by atoms with Gasteiger partial charge in [0.25, 0.3) is 11.1 Å². The molecular formula is C56H86BBrF2N8O10S2Si2. The Morgan fingerprint density at radius 2 is 0.988 bits per heavy atom. The number of piperazine rings is 2. The highest BCUT2D eigenvalue weighted by Gasteiger charge is 2.50. The van der Waals surface area contributed by atoms with Gasteiger partial charge in [-0.3, -0.25) is 9.59 Å². The van der Waals surface area contributed by atoms with E-state index in [1.165, 1.54) is 50.0 Å².